The van der Waals surface area contributed by atoms with E-state index in [1.165, 1.54) is 0 Å². The van der Waals surface area contributed by atoms with Crippen LogP contribution in [0.3, 0.4) is 0 Å². The predicted octanol–water partition coefficient (Wildman–Crippen LogP) is 8.17. The third-order valence-electron chi connectivity index (χ3n) is 10.9. The first-order valence-electron chi connectivity index (χ1n) is 19.8. The third kappa shape index (κ3) is 6.34. The fourth-order valence-corrected chi connectivity index (χ4v) is 8.15. The summed E-state index contributed by atoms with van der Waals surface area (Å²) in [6.07, 6.45) is 12.7. The minimum Gasteiger partial charge on any atom is -0.319 e. The molecule has 4 aromatic carbocycles. The van der Waals surface area contributed by atoms with Gasteiger partial charge < -0.3 is 9.97 Å². The number of nitrogens with one attached hydrogen (secondary N) is 2. The molecule has 6 heterocycles. The van der Waals surface area contributed by atoms with Crippen molar-refractivity contribution in [3.63, 3.8) is 0 Å². The summed E-state index contributed by atoms with van der Waals surface area (Å²) in [4.78, 5) is 43.4. The van der Waals surface area contributed by atoms with Crippen molar-refractivity contribution < 1.29 is 9.13 Å². The quantitative estimate of drug-likeness (QED) is 0.103. The van der Waals surface area contributed by atoms with Crippen molar-refractivity contribution in [3.8, 4) is 45.3 Å². The average molecular weight is 761 g/mol. The van der Waals surface area contributed by atoms with Crippen LogP contribution >= 0.6 is 0 Å². The van der Waals surface area contributed by atoms with Gasteiger partial charge in [-0.25, -0.2) is 19.1 Å². The first-order chi connectivity index (χ1) is 28.6. The van der Waals surface area contributed by atoms with Crippen molar-refractivity contribution in [2.45, 2.75) is 38.8 Å². The van der Waals surface area contributed by atoms with E-state index in [4.69, 9.17) is 9.97 Å². The highest BCUT2D eigenvalue weighted by atomic mass is 16.1. The SMILES string of the molecule is O=c1[nH]c2ccccc2n2c(-c3ccc[n+](CCCCCC[n+]4cccc(-c5nc(-c6ccccc6)c6c(=O)[nH]c7ccccc7n56)c4)c3)nc(-c3ccccc3)c12. The van der Waals surface area contributed by atoms with E-state index in [1.54, 1.807) is 0 Å². The van der Waals surface area contributed by atoms with Gasteiger partial charge in [0, 0.05) is 36.1 Å². The molecule has 10 aromatic rings. The molecule has 0 atom stereocenters. The minimum atomic E-state index is -0.164. The van der Waals surface area contributed by atoms with Gasteiger partial charge >= 0.3 is 0 Å². The molecule has 0 aliphatic heterocycles. The number of para-hydroxylation sites is 4. The Kier molecular flexibility index (Phi) is 8.98. The lowest BCUT2D eigenvalue weighted by Gasteiger charge is -2.06. The maximum absolute atomic E-state index is 13.5. The number of imidazole rings is 2. The Balaban J connectivity index is 0.854. The molecule has 0 radical (unpaired) electrons. The number of aryl methyl sites for hydroxylation is 2. The van der Waals surface area contributed by atoms with Crippen LogP contribution in [0.25, 0.3) is 78.4 Å². The van der Waals surface area contributed by atoms with Crippen molar-refractivity contribution in [2.75, 3.05) is 0 Å². The van der Waals surface area contributed by atoms with E-state index in [9.17, 15) is 9.59 Å². The van der Waals surface area contributed by atoms with Crippen LogP contribution in [0.5, 0.6) is 0 Å². The summed E-state index contributed by atoms with van der Waals surface area (Å²) >= 11 is 0. The van der Waals surface area contributed by atoms with Crippen molar-refractivity contribution in [3.05, 3.63) is 179 Å². The van der Waals surface area contributed by atoms with Gasteiger partial charge in [-0.15, -0.1) is 0 Å². The highest BCUT2D eigenvalue weighted by molar-refractivity contribution is 5.89. The Labute approximate surface area is 333 Å². The number of benzene rings is 4. The molecule has 282 valence electrons. The van der Waals surface area contributed by atoms with Crippen molar-refractivity contribution in [2.24, 2.45) is 0 Å². The van der Waals surface area contributed by atoms with E-state index in [0.717, 1.165) is 94.7 Å². The zero-order chi connectivity index (χ0) is 39.0. The van der Waals surface area contributed by atoms with Crippen molar-refractivity contribution in [1.29, 1.82) is 0 Å². The molecule has 10 heteroatoms. The van der Waals surface area contributed by atoms with Crippen LogP contribution in [0.1, 0.15) is 25.7 Å². The average Bonchev–Trinajstić information content (AvgIpc) is 3.88. The molecule has 0 aliphatic carbocycles. The third-order valence-corrected chi connectivity index (χ3v) is 10.9. The molecule has 0 spiro atoms. The Hall–Kier alpha value is -7.46. The van der Waals surface area contributed by atoms with Crippen LogP contribution < -0.4 is 20.3 Å². The van der Waals surface area contributed by atoms with Gasteiger partial charge in [0.2, 0.25) is 0 Å². The Morgan fingerprint density at radius 3 is 1.29 bits per heavy atom. The molecule has 6 aromatic heterocycles. The normalized spacial score (nSPS) is 11.7. The lowest BCUT2D eigenvalue weighted by Crippen LogP contribution is -2.33. The number of hydrogen-bond donors (Lipinski definition) is 2. The number of nitrogens with zero attached hydrogens (tertiary/aromatic N) is 6. The number of hydrogen-bond acceptors (Lipinski definition) is 4. The molecule has 0 amide bonds. The molecule has 0 unspecified atom stereocenters. The van der Waals surface area contributed by atoms with Crippen LogP contribution in [0.4, 0.5) is 0 Å². The number of rotatable bonds is 11. The summed E-state index contributed by atoms with van der Waals surface area (Å²) in [6, 6.07) is 43.8. The number of H-pyrrole nitrogens is 2. The molecule has 0 fully saturated rings. The molecular weight excluding hydrogens is 721 g/mol. The summed E-state index contributed by atoms with van der Waals surface area (Å²) in [6.45, 7) is 1.74. The Bertz CT molecular complexity index is 3020. The Morgan fingerprint density at radius 2 is 0.845 bits per heavy atom. The number of fused-ring (bicyclic) bond motifs is 6. The van der Waals surface area contributed by atoms with Gasteiger partial charge in [-0.1, -0.05) is 84.9 Å². The molecule has 0 aliphatic rings. The zero-order valence-electron chi connectivity index (χ0n) is 31.8. The maximum Gasteiger partial charge on any atom is 0.275 e. The smallest absolute Gasteiger partial charge is 0.275 e. The Morgan fingerprint density at radius 1 is 0.448 bits per heavy atom. The highest BCUT2D eigenvalue weighted by Gasteiger charge is 2.23. The fourth-order valence-electron chi connectivity index (χ4n) is 8.15. The molecule has 0 bridgehead atoms. The number of unbranched alkanes of at least 4 members (excludes halogenated alkanes) is 3. The summed E-state index contributed by atoms with van der Waals surface area (Å²) in [7, 11) is 0. The molecule has 10 nitrogen and oxygen atoms in total. The van der Waals surface area contributed by atoms with Crippen LogP contribution in [0, 0.1) is 0 Å². The lowest BCUT2D eigenvalue weighted by molar-refractivity contribution is -0.698. The summed E-state index contributed by atoms with van der Waals surface area (Å²) < 4.78 is 8.45. The zero-order valence-corrected chi connectivity index (χ0v) is 31.8. The van der Waals surface area contributed by atoms with E-state index in [-0.39, 0.29) is 11.1 Å². The molecule has 2 N–H and O–H groups in total. The van der Waals surface area contributed by atoms with Gasteiger partial charge in [-0.3, -0.25) is 18.4 Å². The standard InChI is InChI=1S/C48H38N8O2/c57-47-43-41(33-17-5-3-6-18-33)51-45(55(43)39-25-11-9-23-37(39)49-47)35-21-15-29-53(31-35)27-13-1-2-14-28-54-30-16-22-36(32-54)46-52-42(34-19-7-4-8-20-34)44-48(58)50-38-24-10-12-26-40(38)56(44)46/h3-12,15-26,29-32H,1-2,13-14,27-28H2/p+2. The number of aromatic nitrogens is 8. The monoisotopic (exact) mass is 760 g/mol. The highest BCUT2D eigenvalue weighted by Crippen LogP contribution is 2.31. The first kappa shape index (κ1) is 35.0. The fraction of sp³-hybridized carbons (Fsp3) is 0.125. The minimum absolute atomic E-state index is 0.164. The van der Waals surface area contributed by atoms with Gasteiger partial charge in [0.05, 0.1) is 33.2 Å². The second kappa shape index (κ2) is 14.9. The van der Waals surface area contributed by atoms with Crippen molar-refractivity contribution in [1.82, 2.24) is 28.7 Å². The van der Waals surface area contributed by atoms with Gasteiger partial charge in [0.15, 0.2) is 36.4 Å². The summed E-state index contributed by atoms with van der Waals surface area (Å²) in [5, 5.41) is 0. The second-order valence-corrected chi connectivity index (χ2v) is 14.7. The van der Waals surface area contributed by atoms with Crippen LogP contribution in [0.15, 0.2) is 168 Å². The van der Waals surface area contributed by atoms with E-state index >= 15 is 0 Å². The maximum atomic E-state index is 13.5. The van der Waals surface area contributed by atoms with Gasteiger partial charge in [0.25, 0.3) is 11.1 Å². The largest absolute Gasteiger partial charge is 0.319 e. The number of aromatic amines is 2. The van der Waals surface area contributed by atoms with E-state index < -0.39 is 0 Å². The summed E-state index contributed by atoms with van der Waals surface area (Å²) in [5.74, 6) is 1.48. The molecular formula is C48H40N8O2+2. The van der Waals surface area contributed by atoms with Crippen LogP contribution in [0.2, 0.25) is 0 Å². The van der Waals surface area contributed by atoms with Gasteiger partial charge in [-0.05, 0) is 49.2 Å². The molecule has 58 heavy (non-hydrogen) atoms. The second-order valence-electron chi connectivity index (χ2n) is 14.7. The van der Waals surface area contributed by atoms with Crippen LogP contribution in [-0.2, 0) is 13.1 Å². The predicted molar refractivity (Wildman–Crippen MR) is 227 cm³/mol. The van der Waals surface area contributed by atoms with E-state index in [0.29, 0.717) is 22.4 Å². The molecule has 10 rings (SSSR count). The molecule has 0 saturated heterocycles. The van der Waals surface area contributed by atoms with E-state index in [1.807, 2.05) is 118 Å². The van der Waals surface area contributed by atoms with E-state index in [2.05, 4.69) is 68.2 Å². The number of pyridine rings is 2. The van der Waals surface area contributed by atoms with Gasteiger partial charge in [-0.2, -0.15) is 0 Å². The van der Waals surface area contributed by atoms with Gasteiger partial charge in [0.1, 0.15) is 35.5 Å². The summed E-state index contributed by atoms with van der Waals surface area (Å²) in [5.41, 5.74) is 9.13. The van der Waals surface area contributed by atoms with Crippen LogP contribution in [-0.4, -0.2) is 28.7 Å². The van der Waals surface area contributed by atoms with Crippen molar-refractivity contribution >= 4 is 33.1 Å². The topological polar surface area (TPSA) is 108 Å². The first-order valence-corrected chi connectivity index (χ1v) is 19.8. The molecule has 0 saturated carbocycles. The lowest BCUT2D eigenvalue weighted by atomic mass is 10.1.